The zero-order valence-corrected chi connectivity index (χ0v) is 8.36. The number of carbonyl (C=O) groups is 1. The highest BCUT2D eigenvalue weighted by Gasteiger charge is 2.46. The Bertz CT molecular complexity index is 440. The van der Waals surface area contributed by atoms with E-state index >= 15 is 0 Å². The third-order valence-electron chi connectivity index (χ3n) is 2.63. The van der Waals surface area contributed by atoms with Crippen molar-refractivity contribution in [3.8, 4) is 11.9 Å². The molecule has 1 aliphatic rings. The number of rotatable bonds is 2. The lowest BCUT2D eigenvalue weighted by atomic mass is 9.66. The zero-order chi connectivity index (χ0) is 10.9. The fourth-order valence-electron chi connectivity index (χ4n) is 1.73. The largest absolute Gasteiger partial charge is 0.481 e. The van der Waals surface area contributed by atoms with Crippen molar-refractivity contribution in [2.75, 3.05) is 7.11 Å². The summed E-state index contributed by atoms with van der Waals surface area (Å²) in [5.41, 5.74) is -0.0880. The highest BCUT2D eigenvalue weighted by atomic mass is 16.5. The molecule has 2 rings (SSSR count). The van der Waals surface area contributed by atoms with Gasteiger partial charge in [0.05, 0.1) is 18.9 Å². The molecule has 76 valence electrons. The van der Waals surface area contributed by atoms with E-state index in [1.807, 2.05) is 0 Å². The minimum Gasteiger partial charge on any atom is -0.481 e. The van der Waals surface area contributed by atoms with E-state index in [0.29, 0.717) is 11.6 Å². The molecule has 15 heavy (non-hydrogen) atoms. The number of ether oxygens (including phenoxy) is 1. The van der Waals surface area contributed by atoms with Crippen LogP contribution < -0.4 is 4.74 Å². The summed E-state index contributed by atoms with van der Waals surface area (Å²) in [6.45, 7) is 0. The SMILES string of the molecule is COc1cccc(C2(C#N)CC(=O)C2)n1. The highest BCUT2D eigenvalue weighted by Crippen LogP contribution is 2.40. The van der Waals surface area contributed by atoms with Crippen molar-refractivity contribution in [3.05, 3.63) is 23.9 Å². The summed E-state index contributed by atoms with van der Waals surface area (Å²) in [6, 6.07) is 7.43. The molecule has 0 radical (unpaired) electrons. The lowest BCUT2D eigenvalue weighted by molar-refractivity contribution is -0.126. The molecule has 0 atom stereocenters. The Morgan fingerprint density at radius 3 is 2.80 bits per heavy atom. The second kappa shape index (κ2) is 3.35. The molecule has 1 heterocycles. The average molecular weight is 202 g/mol. The maximum atomic E-state index is 11.0. The molecule has 1 fully saturated rings. The molecule has 0 amide bonds. The number of carbonyl (C=O) groups excluding carboxylic acids is 1. The number of Topliss-reactive ketones (excluding diaryl/α,β-unsaturated/α-hetero) is 1. The number of hydrogen-bond acceptors (Lipinski definition) is 4. The number of aromatic nitrogens is 1. The van der Waals surface area contributed by atoms with Crippen molar-refractivity contribution in [2.24, 2.45) is 0 Å². The van der Waals surface area contributed by atoms with Crippen molar-refractivity contribution in [1.29, 1.82) is 5.26 Å². The molecule has 4 heteroatoms. The Morgan fingerprint density at radius 1 is 1.53 bits per heavy atom. The number of pyridine rings is 1. The molecule has 0 saturated heterocycles. The van der Waals surface area contributed by atoms with Gasteiger partial charge in [-0.2, -0.15) is 5.26 Å². The van der Waals surface area contributed by atoms with Gasteiger partial charge in [0.2, 0.25) is 5.88 Å². The molecule has 0 spiro atoms. The Kier molecular flexibility index (Phi) is 2.16. The van der Waals surface area contributed by atoms with Crippen LogP contribution in [0.1, 0.15) is 18.5 Å². The van der Waals surface area contributed by atoms with Gasteiger partial charge in [-0.1, -0.05) is 6.07 Å². The standard InChI is InChI=1S/C11H10N2O2/c1-15-10-4-2-3-9(13-10)11(7-12)5-8(14)6-11/h2-4H,5-6H2,1H3. The molecule has 0 aromatic carbocycles. The second-order valence-corrected chi connectivity index (χ2v) is 3.65. The molecule has 1 aromatic rings. The maximum absolute atomic E-state index is 11.0. The lowest BCUT2D eigenvalue weighted by Crippen LogP contribution is -2.41. The summed E-state index contributed by atoms with van der Waals surface area (Å²) in [4.78, 5) is 15.2. The van der Waals surface area contributed by atoms with Crippen LogP contribution in [0.2, 0.25) is 0 Å². The van der Waals surface area contributed by atoms with Crippen LogP contribution in [0.4, 0.5) is 0 Å². The normalized spacial score (nSPS) is 17.7. The van der Waals surface area contributed by atoms with Gasteiger partial charge in [0.15, 0.2) is 0 Å². The molecular formula is C11H10N2O2. The Labute approximate surface area is 87.5 Å². The maximum Gasteiger partial charge on any atom is 0.213 e. The van der Waals surface area contributed by atoms with Gasteiger partial charge in [0.25, 0.3) is 0 Å². The quantitative estimate of drug-likeness (QED) is 0.723. The van der Waals surface area contributed by atoms with Crippen molar-refractivity contribution < 1.29 is 9.53 Å². The summed E-state index contributed by atoms with van der Waals surface area (Å²) >= 11 is 0. The molecule has 0 bridgehead atoms. The van der Waals surface area contributed by atoms with Crippen LogP contribution in [-0.4, -0.2) is 17.9 Å². The lowest BCUT2D eigenvalue weighted by Gasteiger charge is -2.32. The van der Waals surface area contributed by atoms with Crippen molar-refractivity contribution in [3.63, 3.8) is 0 Å². The van der Waals surface area contributed by atoms with E-state index in [1.54, 1.807) is 18.2 Å². The smallest absolute Gasteiger partial charge is 0.213 e. The third kappa shape index (κ3) is 1.46. The topological polar surface area (TPSA) is 63.0 Å². The van der Waals surface area contributed by atoms with Crippen molar-refractivity contribution in [2.45, 2.75) is 18.3 Å². The minimum absolute atomic E-state index is 0.112. The van der Waals surface area contributed by atoms with Gasteiger partial charge in [-0.3, -0.25) is 4.79 Å². The van der Waals surface area contributed by atoms with E-state index in [2.05, 4.69) is 11.1 Å². The van der Waals surface area contributed by atoms with Crippen LogP contribution >= 0.6 is 0 Å². The van der Waals surface area contributed by atoms with Crippen LogP contribution in [0.3, 0.4) is 0 Å². The second-order valence-electron chi connectivity index (χ2n) is 3.65. The molecular weight excluding hydrogens is 192 g/mol. The average Bonchev–Trinajstić information content (AvgIpc) is 2.24. The molecule has 0 aliphatic heterocycles. The summed E-state index contributed by atoms with van der Waals surface area (Å²) in [6.07, 6.45) is 0.535. The summed E-state index contributed by atoms with van der Waals surface area (Å²) in [5, 5.41) is 9.09. The Balaban J connectivity index is 2.36. The first-order valence-corrected chi connectivity index (χ1v) is 4.65. The van der Waals surface area contributed by atoms with Crippen LogP contribution in [0, 0.1) is 11.3 Å². The van der Waals surface area contributed by atoms with E-state index < -0.39 is 5.41 Å². The fraction of sp³-hybridized carbons (Fsp3) is 0.364. The summed E-state index contributed by atoms with van der Waals surface area (Å²) in [5.74, 6) is 0.586. The highest BCUT2D eigenvalue weighted by molar-refractivity contribution is 5.89. The fourth-order valence-corrected chi connectivity index (χ4v) is 1.73. The molecule has 0 unspecified atom stereocenters. The molecule has 4 nitrogen and oxygen atoms in total. The molecule has 1 aromatic heterocycles. The number of nitriles is 1. The third-order valence-corrected chi connectivity index (χ3v) is 2.63. The van der Waals surface area contributed by atoms with E-state index in [1.165, 1.54) is 7.11 Å². The molecule has 1 aliphatic carbocycles. The summed E-state index contributed by atoms with van der Waals surface area (Å²) in [7, 11) is 1.52. The molecule has 1 saturated carbocycles. The van der Waals surface area contributed by atoms with Gasteiger partial charge in [0, 0.05) is 18.9 Å². The number of nitrogens with zero attached hydrogens (tertiary/aromatic N) is 2. The van der Waals surface area contributed by atoms with Crippen LogP contribution in [0.5, 0.6) is 5.88 Å². The number of hydrogen-bond donors (Lipinski definition) is 0. The number of methoxy groups -OCH3 is 1. The minimum atomic E-state index is -0.717. The number of ketones is 1. The van der Waals surface area contributed by atoms with Crippen LogP contribution in [-0.2, 0) is 10.2 Å². The van der Waals surface area contributed by atoms with E-state index in [9.17, 15) is 4.79 Å². The first kappa shape index (κ1) is 9.66. The Morgan fingerprint density at radius 2 is 2.27 bits per heavy atom. The zero-order valence-electron chi connectivity index (χ0n) is 8.36. The van der Waals surface area contributed by atoms with Crippen molar-refractivity contribution >= 4 is 5.78 Å². The van der Waals surface area contributed by atoms with E-state index in [4.69, 9.17) is 10.00 Å². The van der Waals surface area contributed by atoms with Gasteiger partial charge >= 0.3 is 0 Å². The van der Waals surface area contributed by atoms with Gasteiger partial charge < -0.3 is 4.74 Å². The predicted octanol–water partition coefficient (Wildman–Crippen LogP) is 1.21. The van der Waals surface area contributed by atoms with Gasteiger partial charge in [-0.25, -0.2) is 4.98 Å². The van der Waals surface area contributed by atoms with E-state index in [-0.39, 0.29) is 18.6 Å². The first-order valence-electron chi connectivity index (χ1n) is 4.65. The monoisotopic (exact) mass is 202 g/mol. The van der Waals surface area contributed by atoms with Gasteiger partial charge in [0.1, 0.15) is 11.2 Å². The van der Waals surface area contributed by atoms with Crippen LogP contribution in [0.25, 0.3) is 0 Å². The van der Waals surface area contributed by atoms with E-state index in [0.717, 1.165) is 0 Å². The van der Waals surface area contributed by atoms with Gasteiger partial charge in [-0.05, 0) is 6.07 Å². The van der Waals surface area contributed by atoms with Crippen LogP contribution in [0.15, 0.2) is 18.2 Å². The first-order chi connectivity index (χ1) is 7.20. The summed E-state index contributed by atoms with van der Waals surface area (Å²) < 4.78 is 4.98. The predicted molar refractivity (Wildman–Crippen MR) is 52.3 cm³/mol. The molecule has 0 N–H and O–H groups in total. The van der Waals surface area contributed by atoms with Crippen molar-refractivity contribution in [1.82, 2.24) is 4.98 Å². The Hall–Kier alpha value is -1.89. The van der Waals surface area contributed by atoms with Gasteiger partial charge in [-0.15, -0.1) is 0 Å².